The first kappa shape index (κ1) is 32.5. The lowest BCUT2D eigenvalue weighted by molar-refractivity contribution is -0.143. The maximum absolute atomic E-state index is 13.3. The monoisotopic (exact) mass is 562 g/mol. The predicted octanol–water partition coefficient (Wildman–Crippen LogP) is 3.92. The molecule has 1 aromatic heterocycles. The molecule has 0 aromatic carbocycles. The number of hydrogen-bond acceptors (Lipinski definition) is 6. The predicted molar refractivity (Wildman–Crippen MR) is 153 cm³/mol. The molecule has 0 saturated carbocycles. The molecule has 0 bridgehead atoms. The molecule has 0 spiro atoms. The van der Waals surface area contributed by atoms with E-state index in [1.807, 2.05) is 25.3 Å². The second kappa shape index (κ2) is 15.7. The molecular formula is C29H46N4O5S. The molecule has 39 heavy (non-hydrogen) atoms. The molecule has 0 radical (unpaired) electrons. The van der Waals surface area contributed by atoms with Gasteiger partial charge in [0.2, 0.25) is 17.7 Å². The van der Waals surface area contributed by atoms with Gasteiger partial charge in [-0.1, -0.05) is 51.5 Å². The van der Waals surface area contributed by atoms with E-state index in [0.717, 1.165) is 44.8 Å². The van der Waals surface area contributed by atoms with E-state index >= 15 is 0 Å². The van der Waals surface area contributed by atoms with Crippen molar-refractivity contribution in [1.82, 2.24) is 20.4 Å². The first-order valence-corrected chi connectivity index (χ1v) is 15.1. The maximum atomic E-state index is 13.3. The van der Waals surface area contributed by atoms with Gasteiger partial charge in [0.15, 0.2) is 0 Å². The Kier molecular flexibility index (Phi) is 13.1. The number of rotatable bonds is 16. The molecule has 1 aliphatic rings. The third kappa shape index (κ3) is 9.44. The average molecular weight is 563 g/mol. The van der Waals surface area contributed by atoms with Crippen LogP contribution in [0.4, 0.5) is 0 Å². The Bertz CT molecular complexity index is 963. The summed E-state index contributed by atoms with van der Waals surface area (Å²) in [5.74, 6) is -1.33. The van der Waals surface area contributed by atoms with Crippen molar-refractivity contribution in [2.24, 2.45) is 0 Å². The summed E-state index contributed by atoms with van der Waals surface area (Å²) in [6.45, 7) is 9.33. The summed E-state index contributed by atoms with van der Waals surface area (Å²) >= 11 is 1.34. The lowest BCUT2D eigenvalue weighted by Crippen LogP contribution is -2.57. The van der Waals surface area contributed by atoms with Crippen LogP contribution in [0.3, 0.4) is 0 Å². The van der Waals surface area contributed by atoms with Crippen LogP contribution in [-0.2, 0) is 19.2 Å². The van der Waals surface area contributed by atoms with E-state index in [2.05, 4.69) is 17.6 Å². The van der Waals surface area contributed by atoms with Gasteiger partial charge in [-0.05, 0) is 58.4 Å². The standard InChI is InChI=1S/C29H46N4O5S/c1-6-7-8-9-10-11-14-22(26(36)30-19-25(35)33(21(2)3)29(4,5)20-34)31-27(37)23-15-12-17-32(23)28(38)24-16-13-18-39-24/h13,16,18,20-23H,6-12,14-15,17,19H2,1-5H3,(H,30,36)(H,31,37). The molecule has 2 atom stereocenters. The second-order valence-electron chi connectivity index (χ2n) is 11.1. The number of unbranched alkanes of at least 4 members (excludes halogenated alkanes) is 5. The van der Waals surface area contributed by atoms with Crippen LogP contribution in [0.15, 0.2) is 17.5 Å². The summed E-state index contributed by atoms with van der Waals surface area (Å²) in [4.78, 5) is 67.7. The Labute approximate surface area is 237 Å². The van der Waals surface area contributed by atoms with E-state index in [-0.39, 0.29) is 30.3 Å². The van der Waals surface area contributed by atoms with Crippen molar-refractivity contribution in [2.75, 3.05) is 13.1 Å². The molecule has 2 unspecified atom stereocenters. The van der Waals surface area contributed by atoms with Crippen LogP contribution in [0.25, 0.3) is 0 Å². The van der Waals surface area contributed by atoms with E-state index in [0.29, 0.717) is 24.3 Å². The molecule has 1 saturated heterocycles. The van der Waals surface area contributed by atoms with Gasteiger partial charge in [-0.15, -0.1) is 11.3 Å². The number of nitrogens with one attached hydrogen (secondary N) is 2. The molecule has 1 fully saturated rings. The van der Waals surface area contributed by atoms with Gasteiger partial charge in [0.1, 0.15) is 18.4 Å². The van der Waals surface area contributed by atoms with Crippen molar-refractivity contribution in [3.05, 3.63) is 22.4 Å². The van der Waals surface area contributed by atoms with Gasteiger partial charge in [0.25, 0.3) is 5.91 Å². The quantitative estimate of drug-likeness (QED) is 0.234. The lowest BCUT2D eigenvalue weighted by atomic mass is 10.0. The molecule has 0 aliphatic carbocycles. The van der Waals surface area contributed by atoms with Crippen molar-refractivity contribution in [3.63, 3.8) is 0 Å². The summed E-state index contributed by atoms with van der Waals surface area (Å²) in [7, 11) is 0. The molecule has 2 heterocycles. The van der Waals surface area contributed by atoms with Crippen molar-refractivity contribution >= 4 is 41.3 Å². The molecule has 9 nitrogen and oxygen atoms in total. The highest BCUT2D eigenvalue weighted by molar-refractivity contribution is 7.12. The minimum absolute atomic E-state index is 0.170. The molecule has 2 N–H and O–H groups in total. The van der Waals surface area contributed by atoms with E-state index in [1.54, 1.807) is 24.8 Å². The molecular weight excluding hydrogens is 516 g/mol. The van der Waals surface area contributed by atoms with Crippen molar-refractivity contribution in [2.45, 2.75) is 116 Å². The normalized spacial score (nSPS) is 16.2. The second-order valence-corrected chi connectivity index (χ2v) is 12.0. The van der Waals surface area contributed by atoms with Gasteiger partial charge >= 0.3 is 0 Å². The van der Waals surface area contributed by atoms with Crippen LogP contribution >= 0.6 is 11.3 Å². The fourth-order valence-electron chi connectivity index (χ4n) is 5.19. The van der Waals surface area contributed by atoms with Crippen LogP contribution in [-0.4, -0.2) is 76.5 Å². The average Bonchev–Trinajstić information content (AvgIpc) is 3.60. The minimum atomic E-state index is -1.01. The molecule has 4 amide bonds. The Hall–Kier alpha value is -2.75. The van der Waals surface area contributed by atoms with E-state index < -0.39 is 23.5 Å². The number of amides is 4. The summed E-state index contributed by atoms with van der Waals surface area (Å²) in [6, 6.07) is 1.87. The number of carbonyl (C=O) groups excluding carboxylic acids is 5. The zero-order valence-electron chi connectivity index (χ0n) is 24.2. The first-order chi connectivity index (χ1) is 18.5. The Morgan fingerprint density at radius 2 is 1.85 bits per heavy atom. The van der Waals surface area contributed by atoms with E-state index in [4.69, 9.17) is 0 Å². The number of aldehydes is 1. The van der Waals surface area contributed by atoms with Gasteiger partial charge in [-0.25, -0.2) is 0 Å². The molecule has 2 rings (SSSR count). The third-order valence-corrected chi connectivity index (χ3v) is 7.99. The lowest BCUT2D eigenvalue weighted by Gasteiger charge is -2.37. The molecule has 1 aromatic rings. The van der Waals surface area contributed by atoms with E-state index in [1.165, 1.54) is 22.7 Å². The zero-order chi connectivity index (χ0) is 29.0. The SMILES string of the molecule is CCCCCCCCC(NC(=O)C1CCCN1C(=O)c1cccs1)C(=O)NCC(=O)N(C(C)C)C(C)(C)C=O. The third-order valence-electron chi connectivity index (χ3n) is 7.14. The molecule has 1 aliphatic heterocycles. The summed E-state index contributed by atoms with van der Waals surface area (Å²) in [6.07, 6.45) is 8.63. The van der Waals surface area contributed by atoms with Crippen molar-refractivity contribution in [3.8, 4) is 0 Å². The minimum Gasteiger partial charge on any atom is -0.345 e. The fraction of sp³-hybridized carbons (Fsp3) is 0.690. The number of nitrogens with zero attached hydrogens (tertiary/aromatic N) is 2. The number of likely N-dealkylation sites (tertiary alicyclic amines) is 1. The van der Waals surface area contributed by atoms with Crippen molar-refractivity contribution < 1.29 is 24.0 Å². The Morgan fingerprint density at radius 3 is 2.46 bits per heavy atom. The van der Waals surface area contributed by atoms with Gasteiger partial charge in [0, 0.05) is 12.6 Å². The summed E-state index contributed by atoms with van der Waals surface area (Å²) in [5, 5.41) is 7.40. The number of carbonyl (C=O) groups is 5. The highest BCUT2D eigenvalue weighted by Crippen LogP contribution is 2.23. The van der Waals surface area contributed by atoms with Gasteiger partial charge in [-0.3, -0.25) is 19.2 Å². The van der Waals surface area contributed by atoms with Crippen LogP contribution in [0.5, 0.6) is 0 Å². The zero-order valence-corrected chi connectivity index (χ0v) is 25.0. The Balaban J connectivity index is 2.07. The van der Waals surface area contributed by atoms with E-state index in [9.17, 15) is 24.0 Å². The van der Waals surface area contributed by atoms with Crippen LogP contribution in [0.1, 0.15) is 102 Å². The molecule has 218 valence electrons. The highest BCUT2D eigenvalue weighted by atomic mass is 32.1. The smallest absolute Gasteiger partial charge is 0.264 e. The van der Waals surface area contributed by atoms with Crippen LogP contribution in [0.2, 0.25) is 0 Å². The van der Waals surface area contributed by atoms with Gasteiger partial charge in [-0.2, -0.15) is 0 Å². The van der Waals surface area contributed by atoms with Crippen LogP contribution < -0.4 is 10.6 Å². The summed E-state index contributed by atoms with van der Waals surface area (Å²) < 4.78 is 0. The number of hydrogen-bond donors (Lipinski definition) is 2. The van der Waals surface area contributed by atoms with Crippen molar-refractivity contribution in [1.29, 1.82) is 0 Å². The highest BCUT2D eigenvalue weighted by Gasteiger charge is 2.37. The maximum Gasteiger partial charge on any atom is 0.264 e. The topological polar surface area (TPSA) is 116 Å². The van der Waals surface area contributed by atoms with Crippen LogP contribution in [0, 0.1) is 0 Å². The summed E-state index contributed by atoms with van der Waals surface area (Å²) in [5.41, 5.74) is -1.01. The molecule has 10 heteroatoms. The van der Waals surface area contributed by atoms with Gasteiger partial charge in [0.05, 0.1) is 17.0 Å². The fourth-order valence-corrected chi connectivity index (χ4v) is 5.87. The van der Waals surface area contributed by atoms with Gasteiger partial charge < -0.3 is 25.2 Å². The largest absolute Gasteiger partial charge is 0.345 e. The Morgan fingerprint density at radius 1 is 1.15 bits per heavy atom. The number of thiophene rings is 1. The first-order valence-electron chi connectivity index (χ1n) is 14.2.